The van der Waals surface area contributed by atoms with Crippen LogP contribution in [0.3, 0.4) is 0 Å². The van der Waals surface area contributed by atoms with Gasteiger partial charge in [-0.25, -0.2) is 0 Å². The fraction of sp³-hybridized carbons (Fsp3) is 0.533. The Bertz CT molecular complexity index is 442. The Kier molecular flexibility index (Phi) is 4.08. The number of ketones is 1. The highest BCUT2D eigenvalue weighted by atomic mass is 35.5. The maximum absolute atomic E-state index is 12.2. The summed E-state index contributed by atoms with van der Waals surface area (Å²) in [5.74, 6) is 0.123. The van der Waals surface area contributed by atoms with Gasteiger partial charge < -0.3 is 0 Å². The van der Waals surface area contributed by atoms with Crippen LogP contribution in [0.1, 0.15) is 37.0 Å². The summed E-state index contributed by atoms with van der Waals surface area (Å²) < 4.78 is 0. The minimum atomic E-state index is 0.123. The number of hydrogen-bond acceptors (Lipinski definition) is 2. The minimum Gasteiger partial charge on any atom is -0.295 e. The van der Waals surface area contributed by atoms with Crippen LogP contribution in [0.25, 0.3) is 0 Å². The molecular formula is C15H20ClNO. The second-order valence-electron chi connectivity index (χ2n) is 5.88. The van der Waals surface area contributed by atoms with Gasteiger partial charge in [-0.3, -0.25) is 9.69 Å². The van der Waals surface area contributed by atoms with Crippen molar-refractivity contribution >= 4 is 17.4 Å². The van der Waals surface area contributed by atoms with Crippen LogP contribution in [0.5, 0.6) is 0 Å². The van der Waals surface area contributed by atoms with Gasteiger partial charge in [-0.1, -0.05) is 37.6 Å². The van der Waals surface area contributed by atoms with Gasteiger partial charge in [0.25, 0.3) is 0 Å². The Morgan fingerprint density at radius 2 is 2.11 bits per heavy atom. The average molecular weight is 266 g/mol. The normalized spacial score (nSPS) is 19.7. The molecule has 98 valence electrons. The van der Waals surface area contributed by atoms with Crippen LogP contribution in [0, 0.1) is 5.41 Å². The van der Waals surface area contributed by atoms with E-state index in [9.17, 15) is 4.79 Å². The van der Waals surface area contributed by atoms with Crippen LogP contribution < -0.4 is 0 Å². The second kappa shape index (κ2) is 5.41. The van der Waals surface area contributed by atoms with Crippen molar-refractivity contribution in [3.05, 3.63) is 34.9 Å². The summed E-state index contributed by atoms with van der Waals surface area (Å²) >= 11 is 6.05. The molecule has 1 fully saturated rings. The second-order valence-corrected chi connectivity index (χ2v) is 6.29. The van der Waals surface area contributed by atoms with Crippen molar-refractivity contribution in [2.75, 3.05) is 19.6 Å². The van der Waals surface area contributed by atoms with Crippen LogP contribution in [0.15, 0.2) is 24.3 Å². The van der Waals surface area contributed by atoms with Crippen molar-refractivity contribution in [3.63, 3.8) is 0 Å². The Morgan fingerprint density at radius 3 is 2.78 bits per heavy atom. The zero-order valence-electron chi connectivity index (χ0n) is 11.1. The number of hydrogen-bond donors (Lipinski definition) is 0. The fourth-order valence-corrected chi connectivity index (χ4v) is 2.90. The lowest BCUT2D eigenvalue weighted by atomic mass is 9.84. The van der Waals surface area contributed by atoms with E-state index in [1.165, 1.54) is 12.8 Å². The largest absolute Gasteiger partial charge is 0.295 e. The molecule has 2 nitrogen and oxygen atoms in total. The predicted octanol–water partition coefficient (Wildman–Crippen LogP) is 3.64. The molecule has 1 aromatic rings. The van der Waals surface area contributed by atoms with Crippen molar-refractivity contribution in [2.45, 2.75) is 26.7 Å². The molecule has 0 aliphatic carbocycles. The molecule has 1 saturated heterocycles. The topological polar surface area (TPSA) is 20.3 Å². The van der Waals surface area contributed by atoms with E-state index in [-0.39, 0.29) is 5.78 Å². The van der Waals surface area contributed by atoms with Gasteiger partial charge in [0.15, 0.2) is 5.78 Å². The molecule has 0 spiro atoms. The number of piperidine rings is 1. The maximum Gasteiger partial charge on any atom is 0.178 e. The van der Waals surface area contributed by atoms with Crippen molar-refractivity contribution < 1.29 is 4.79 Å². The van der Waals surface area contributed by atoms with Gasteiger partial charge in [-0.2, -0.15) is 0 Å². The SMILES string of the molecule is CC1(C)CCCN(CC(=O)c2ccccc2Cl)C1. The summed E-state index contributed by atoms with van der Waals surface area (Å²) in [5.41, 5.74) is 0.960. The molecule has 0 atom stereocenters. The number of carbonyl (C=O) groups is 1. The fourth-order valence-electron chi connectivity index (χ4n) is 2.66. The highest BCUT2D eigenvalue weighted by molar-refractivity contribution is 6.34. The number of halogens is 1. The van der Waals surface area contributed by atoms with Gasteiger partial charge in [-0.05, 0) is 36.9 Å². The van der Waals surface area contributed by atoms with Crippen molar-refractivity contribution in [3.8, 4) is 0 Å². The third-order valence-electron chi connectivity index (χ3n) is 3.52. The molecule has 0 bridgehead atoms. The van der Waals surface area contributed by atoms with Crippen molar-refractivity contribution in [1.82, 2.24) is 4.90 Å². The average Bonchev–Trinajstić information content (AvgIpc) is 2.28. The van der Waals surface area contributed by atoms with Gasteiger partial charge in [0.1, 0.15) is 0 Å². The Balaban J connectivity index is 2.02. The molecule has 0 aromatic heterocycles. The third kappa shape index (κ3) is 3.33. The molecular weight excluding hydrogens is 246 g/mol. The lowest BCUT2D eigenvalue weighted by Crippen LogP contribution is -2.42. The Hall–Kier alpha value is -0.860. The summed E-state index contributed by atoms with van der Waals surface area (Å²) in [4.78, 5) is 14.5. The highest BCUT2D eigenvalue weighted by Gasteiger charge is 2.27. The summed E-state index contributed by atoms with van der Waals surface area (Å²) in [6.45, 7) is 7.01. The van der Waals surface area contributed by atoms with Crippen LogP contribution >= 0.6 is 11.6 Å². The Labute approximate surface area is 114 Å². The molecule has 2 rings (SSSR count). The van der Waals surface area contributed by atoms with E-state index in [0.717, 1.165) is 13.1 Å². The standard InChI is InChI=1S/C15H20ClNO/c1-15(2)8-5-9-17(11-15)10-14(18)12-6-3-4-7-13(12)16/h3-4,6-7H,5,8-11H2,1-2H3. The predicted molar refractivity (Wildman–Crippen MR) is 75.2 cm³/mol. The molecule has 18 heavy (non-hydrogen) atoms. The number of nitrogens with zero attached hydrogens (tertiary/aromatic N) is 1. The molecule has 1 aliphatic heterocycles. The Morgan fingerprint density at radius 1 is 1.39 bits per heavy atom. The first-order valence-electron chi connectivity index (χ1n) is 6.48. The number of rotatable bonds is 3. The molecule has 1 heterocycles. The summed E-state index contributed by atoms with van der Waals surface area (Å²) in [6.07, 6.45) is 2.41. The van der Waals surface area contributed by atoms with Crippen LogP contribution in [-0.4, -0.2) is 30.3 Å². The summed E-state index contributed by atoms with van der Waals surface area (Å²) in [5, 5.41) is 0.554. The quantitative estimate of drug-likeness (QED) is 0.778. The van der Waals surface area contributed by atoms with Gasteiger partial charge >= 0.3 is 0 Å². The number of carbonyl (C=O) groups excluding carboxylic acids is 1. The lowest BCUT2D eigenvalue weighted by Gasteiger charge is -2.37. The number of likely N-dealkylation sites (tertiary alicyclic amines) is 1. The lowest BCUT2D eigenvalue weighted by molar-refractivity contribution is 0.0810. The summed E-state index contributed by atoms with van der Waals surface area (Å²) in [7, 11) is 0. The summed E-state index contributed by atoms with van der Waals surface area (Å²) in [6, 6.07) is 7.29. The van der Waals surface area contributed by atoms with Crippen LogP contribution in [0.2, 0.25) is 5.02 Å². The molecule has 3 heteroatoms. The molecule has 0 saturated carbocycles. The van der Waals surface area contributed by atoms with E-state index in [0.29, 0.717) is 22.5 Å². The van der Waals surface area contributed by atoms with Gasteiger partial charge in [-0.15, -0.1) is 0 Å². The van der Waals surface area contributed by atoms with E-state index < -0.39 is 0 Å². The highest BCUT2D eigenvalue weighted by Crippen LogP contribution is 2.28. The third-order valence-corrected chi connectivity index (χ3v) is 3.85. The van der Waals surface area contributed by atoms with E-state index in [1.807, 2.05) is 12.1 Å². The first-order chi connectivity index (χ1) is 8.48. The molecule has 0 radical (unpaired) electrons. The van der Waals surface area contributed by atoms with E-state index in [4.69, 9.17) is 11.6 Å². The number of benzene rings is 1. The van der Waals surface area contributed by atoms with Crippen molar-refractivity contribution in [2.24, 2.45) is 5.41 Å². The maximum atomic E-state index is 12.2. The van der Waals surface area contributed by atoms with Gasteiger partial charge in [0, 0.05) is 12.1 Å². The molecule has 1 aromatic carbocycles. The number of Topliss-reactive ketones (excluding diaryl/α,β-unsaturated/α-hetero) is 1. The molecule has 0 amide bonds. The molecule has 0 unspecified atom stereocenters. The first kappa shape index (κ1) is 13.6. The zero-order chi connectivity index (χ0) is 13.2. The van der Waals surface area contributed by atoms with E-state index >= 15 is 0 Å². The smallest absolute Gasteiger partial charge is 0.178 e. The van der Waals surface area contributed by atoms with Crippen LogP contribution in [-0.2, 0) is 0 Å². The molecule has 1 aliphatic rings. The minimum absolute atomic E-state index is 0.123. The van der Waals surface area contributed by atoms with E-state index in [1.54, 1.807) is 12.1 Å². The first-order valence-corrected chi connectivity index (χ1v) is 6.86. The molecule has 0 N–H and O–H groups in total. The van der Waals surface area contributed by atoms with E-state index in [2.05, 4.69) is 18.7 Å². The van der Waals surface area contributed by atoms with Gasteiger partial charge in [0.05, 0.1) is 11.6 Å². The van der Waals surface area contributed by atoms with Gasteiger partial charge in [0.2, 0.25) is 0 Å². The zero-order valence-corrected chi connectivity index (χ0v) is 11.8. The van der Waals surface area contributed by atoms with Crippen molar-refractivity contribution in [1.29, 1.82) is 0 Å². The monoisotopic (exact) mass is 265 g/mol. The van der Waals surface area contributed by atoms with Crippen LogP contribution in [0.4, 0.5) is 0 Å².